The Bertz CT molecular complexity index is 1190. The van der Waals surface area contributed by atoms with Gasteiger partial charge >= 0.3 is 5.97 Å². The molecule has 34 heavy (non-hydrogen) atoms. The lowest BCUT2D eigenvalue weighted by atomic mass is 9.97. The van der Waals surface area contributed by atoms with Crippen molar-refractivity contribution in [1.29, 1.82) is 0 Å². The van der Waals surface area contributed by atoms with Gasteiger partial charge in [0, 0.05) is 16.8 Å². The van der Waals surface area contributed by atoms with Crippen molar-refractivity contribution in [3.05, 3.63) is 95.1 Å². The van der Waals surface area contributed by atoms with E-state index in [1.54, 1.807) is 25.3 Å². The Hall–Kier alpha value is -3.97. The Labute approximate surface area is 199 Å². The third-order valence-electron chi connectivity index (χ3n) is 5.69. The van der Waals surface area contributed by atoms with Crippen molar-refractivity contribution < 1.29 is 24.1 Å². The maximum atomic E-state index is 11.8. The van der Waals surface area contributed by atoms with Crippen molar-refractivity contribution in [2.24, 2.45) is 0 Å². The molecule has 0 amide bonds. The number of esters is 1. The van der Waals surface area contributed by atoms with E-state index in [9.17, 15) is 9.90 Å². The molecule has 0 bridgehead atoms. The predicted octanol–water partition coefficient (Wildman–Crippen LogP) is 4.56. The van der Waals surface area contributed by atoms with Crippen LogP contribution in [0.2, 0.25) is 0 Å². The molecule has 1 aliphatic rings. The van der Waals surface area contributed by atoms with E-state index in [-0.39, 0.29) is 23.9 Å². The number of phenols is 1. The Morgan fingerprint density at radius 3 is 2.50 bits per heavy atom. The molecule has 4 rings (SSSR count). The monoisotopic (exact) mass is 460 g/mol. The number of hydrogen-bond acceptors (Lipinski definition) is 7. The normalized spacial score (nSPS) is 17.3. The summed E-state index contributed by atoms with van der Waals surface area (Å²) >= 11 is 0. The van der Waals surface area contributed by atoms with Crippen LogP contribution >= 0.6 is 0 Å². The first kappa shape index (κ1) is 23.2. The number of rotatable bonds is 7. The van der Waals surface area contributed by atoms with E-state index in [2.05, 4.69) is 10.6 Å². The van der Waals surface area contributed by atoms with E-state index in [4.69, 9.17) is 14.2 Å². The molecule has 0 saturated carbocycles. The average Bonchev–Trinajstić information content (AvgIpc) is 2.89. The van der Waals surface area contributed by atoms with Gasteiger partial charge in [0.15, 0.2) is 11.5 Å². The molecule has 0 fully saturated rings. The van der Waals surface area contributed by atoms with E-state index in [1.165, 1.54) is 7.11 Å². The Balaban J connectivity index is 1.74. The first-order chi connectivity index (χ1) is 16.5. The topological polar surface area (TPSA) is 89.1 Å². The second-order valence-corrected chi connectivity index (χ2v) is 7.77. The van der Waals surface area contributed by atoms with Crippen molar-refractivity contribution in [2.75, 3.05) is 20.8 Å². The van der Waals surface area contributed by atoms with E-state index < -0.39 is 0 Å². The van der Waals surface area contributed by atoms with Crippen LogP contribution in [-0.4, -0.2) is 31.9 Å². The first-order valence-electron chi connectivity index (χ1n) is 11.1. The number of carbonyl (C=O) groups excluding carboxylic acids is 1. The zero-order valence-electron chi connectivity index (χ0n) is 19.4. The van der Waals surface area contributed by atoms with Crippen LogP contribution < -0.4 is 20.1 Å². The molecular weight excluding hydrogens is 432 g/mol. The van der Waals surface area contributed by atoms with Gasteiger partial charge in [-0.3, -0.25) is 5.32 Å². The molecule has 3 N–H and O–H groups in total. The largest absolute Gasteiger partial charge is 0.504 e. The lowest BCUT2D eigenvalue weighted by Crippen LogP contribution is -2.39. The van der Waals surface area contributed by atoms with Gasteiger partial charge in [-0.2, -0.15) is 0 Å². The Kier molecular flexibility index (Phi) is 7.04. The molecule has 0 spiro atoms. The van der Waals surface area contributed by atoms with E-state index in [0.717, 1.165) is 22.6 Å². The standard InChI is InChI=1S/C27H28N2O5/c1-4-34-24-10-6-9-21(25(24)30)23-16-22(19-7-5-8-20(15-19)32-2)28-26(29-23)17-11-13-18(14-12-17)27(31)33-3/h5-16,23,26,28-30H,4H2,1-3H3. The summed E-state index contributed by atoms with van der Waals surface area (Å²) in [6.07, 6.45) is 1.73. The number of hydrogen-bond donors (Lipinski definition) is 3. The Morgan fingerprint density at radius 2 is 1.79 bits per heavy atom. The smallest absolute Gasteiger partial charge is 0.337 e. The number of para-hydroxylation sites is 1. The summed E-state index contributed by atoms with van der Waals surface area (Å²) < 4.78 is 15.8. The average molecular weight is 461 g/mol. The summed E-state index contributed by atoms with van der Waals surface area (Å²) in [4.78, 5) is 11.8. The van der Waals surface area contributed by atoms with Gasteiger partial charge in [-0.05, 0) is 48.9 Å². The van der Waals surface area contributed by atoms with Crippen molar-refractivity contribution >= 4 is 11.7 Å². The highest BCUT2D eigenvalue weighted by atomic mass is 16.5. The SMILES string of the molecule is CCOc1cccc(C2C=C(c3cccc(OC)c3)NC(c3ccc(C(=O)OC)cc3)N2)c1O. The Morgan fingerprint density at radius 1 is 1.03 bits per heavy atom. The molecule has 3 aromatic carbocycles. The molecule has 0 radical (unpaired) electrons. The second kappa shape index (κ2) is 10.3. The number of carbonyl (C=O) groups is 1. The summed E-state index contributed by atoms with van der Waals surface area (Å²) in [5, 5.41) is 18.0. The highest BCUT2D eigenvalue weighted by molar-refractivity contribution is 5.89. The molecule has 176 valence electrons. The van der Waals surface area contributed by atoms with Gasteiger partial charge < -0.3 is 24.6 Å². The third kappa shape index (κ3) is 4.84. The molecule has 0 aromatic heterocycles. The van der Waals surface area contributed by atoms with Crippen LogP contribution in [0, 0.1) is 0 Å². The van der Waals surface area contributed by atoms with Gasteiger partial charge in [-0.15, -0.1) is 0 Å². The van der Waals surface area contributed by atoms with Crippen LogP contribution in [0.4, 0.5) is 0 Å². The molecule has 2 atom stereocenters. The van der Waals surface area contributed by atoms with Crippen molar-refractivity contribution in [1.82, 2.24) is 10.6 Å². The number of ether oxygens (including phenoxy) is 3. The molecule has 3 aromatic rings. The third-order valence-corrected chi connectivity index (χ3v) is 5.69. The van der Waals surface area contributed by atoms with Crippen LogP contribution in [0.25, 0.3) is 5.70 Å². The van der Waals surface area contributed by atoms with Gasteiger partial charge in [-0.25, -0.2) is 4.79 Å². The molecule has 7 nitrogen and oxygen atoms in total. The van der Waals surface area contributed by atoms with Crippen LogP contribution in [0.5, 0.6) is 17.2 Å². The van der Waals surface area contributed by atoms with Crippen molar-refractivity contribution in [3.8, 4) is 17.2 Å². The highest BCUT2D eigenvalue weighted by Crippen LogP contribution is 2.38. The molecular formula is C27H28N2O5. The molecule has 1 aliphatic heterocycles. The summed E-state index contributed by atoms with van der Waals surface area (Å²) in [5.74, 6) is 0.902. The number of aromatic hydroxyl groups is 1. The second-order valence-electron chi connectivity index (χ2n) is 7.77. The molecule has 0 aliphatic carbocycles. The molecule has 2 unspecified atom stereocenters. The number of nitrogens with one attached hydrogen (secondary N) is 2. The predicted molar refractivity (Wildman–Crippen MR) is 130 cm³/mol. The summed E-state index contributed by atoms with van der Waals surface area (Å²) in [6, 6.07) is 20.2. The lowest BCUT2D eigenvalue weighted by molar-refractivity contribution is 0.0600. The quantitative estimate of drug-likeness (QED) is 0.446. The van der Waals surface area contributed by atoms with Crippen LogP contribution in [0.1, 0.15) is 46.2 Å². The van der Waals surface area contributed by atoms with E-state index >= 15 is 0 Å². The minimum atomic E-state index is -0.386. The molecule has 0 saturated heterocycles. The minimum absolute atomic E-state index is 0.102. The van der Waals surface area contributed by atoms with Crippen LogP contribution in [-0.2, 0) is 4.74 Å². The number of benzene rings is 3. The van der Waals surface area contributed by atoms with E-state index in [0.29, 0.717) is 23.5 Å². The fraction of sp³-hybridized carbons (Fsp3) is 0.222. The van der Waals surface area contributed by atoms with Crippen LogP contribution in [0.3, 0.4) is 0 Å². The molecule has 1 heterocycles. The lowest BCUT2D eigenvalue weighted by Gasteiger charge is -2.33. The fourth-order valence-corrected chi connectivity index (χ4v) is 3.96. The summed E-state index contributed by atoms with van der Waals surface area (Å²) in [6.45, 7) is 2.33. The zero-order valence-corrected chi connectivity index (χ0v) is 19.4. The maximum Gasteiger partial charge on any atom is 0.337 e. The van der Waals surface area contributed by atoms with Crippen LogP contribution in [0.15, 0.2) is 72.8 Å². The minimum Gasteiger partial charge on any atom is -0.504 e. The van der Waals surface area contributed by atoms with Crippen molar-refractivity contribution in [3.63, 3.8) is 0 Å². The van der Waals surface area contributed by atoms with Gasteiger partial charge in [0.25, 0.3) is 0 Å². The fourth-order valence-electron chi connectivity index (χ4n) is 3.96. The zero-order chi connectivity index (χ0) is 24.1. The highest BCUT2D eigenvalue weighted by Gasteiger charge is 2.27. The summed E-state index contributed by atoms with van der Waals surface area (Å²) in [7, 11) is 2.99. The van der Waals surface area contributed by atoms with Gasteiger partial charge in [0.2, 0.25) is 0 Å². The van der Waals surface area contributed by atoms with Crippen molar-refractivity contribution in [2.45, 2.75) is 19.1 Å². The number of methoxy groups -OCH3 is 2. The van der Waals surface area contributed by atoms with Gasteiger partial charge in [0.05, 0.1) is 32.4 Å². The van der Waals surface area contributed by atoms with E-state index in [1.807, 2.05) is 61.5 Å². The summed E-state index contributed by atoms with van der Waals surface area (Å²) in [5.41, 5.74) is 3.92. The first-order valence-corrected chi connectivity index (χ1v) is 11.1. The number of phenolic OH excluding ortho intramolecular Hbond substituents is 1. The van der Waals surface area contributed by atoms with Gasteiger partial charge in [-0.1, -0.05) is 36.4 Å². The maximum absolute atomic E-state index is 11.8. The van der Waals surface area contributed by atoms with Gasteiger partial charge in [0.1, 0.15) is 11.9 Å². The molecule has 7 heteroatoms.